The summed E-state index contributed by atoms with van der Waals surface area (Å²) >= 11 is 0. The van der Waals surface area contributed by atoms with Gasteiger partial charge >= 0.3 is 5.97 Å². The Balaban J connectivity index is 2.13. The van der Waals surface area contributed by atoms with Crippen LogP contribution in [0.25, 0.3) is 6.08 Å². The van der Waals surface area contributed by atoms with E-state index < -0.39 is 5.97 Å². The van der Waals surface area contributed by atoms with Crippen LogP contribution in [0, 0.1) is 0 Å². The maximum absolute atomic E-state index is 10.5. The Morgan fingerprint density at radius 3 is 2.80 bits per heavy atom. The quantitative estimate of drug-likeness (QED) is 0.856. The number of carboxylic acid groups (broad SMARTS) is 1. The van der Waals surface area contributed by atoms with Gasteiger partial charge in [-0.25, -0.2) is 14.8 Å². The minimum absolute atomic E-state index is 0.512. The van der Waals surface area contributed by atoms with E-state index in [9.17, 15) is 4.79 Å². The second-order valence-corrected chi connectivity index (χ2v) is 5.09. The third-order valence-corrected chi connectivity index (χ3v) is 3.68. The molecule has 1 aliphatic heterocycles. The minimum atomic E-state index is -0.965. The first-order valence-electron chi connectivity index (χ1n) is 7.20. The van der Waals surface area contributed by atoms with E-state index >= 15 is 0 Å². The van der Waals surface area contributed by atoms with E-state index in [2.05, 4.69) is 21.8 Å². The topological polar surface area (TPSA) is 66.3 Å². The average Bonchev–Trinajstić information content (AvgIpc) is 2.70. The van der Waals surface area contributed by atoms with Gasteiger partial charge in [-0.2, -0.15) is 0 Å². The number of aromatic nitrogens is 2. The van der Waals surface area contributed by atoms with Gasteiger partial charge in [-0.15, -0.1) is 0 Å². The zero-order chi connectivity index (χ0) is 14.4. The van der Waals surface area contributed by atoms with Crippen molar-refractivity contribution >= 4 is 18.0 Å². The van der Waals surface area contributed by atoms with E-state index in [0.29, 0.717) is 11.6 Å². The van der Waals surface area contributed by atoms with Crippen LogP contribution in [0.3, 0.4) is 0 Å². The van der Waals surface area contributed by atoms with Crippen LogP contribution in [0.4, 0.5) is 5.95 Å². The smallest absolute Gasteiger partial charge is 0.328 e. The van der Waals surface area contributed by atoms with Crippen molar-refractivity contribution in [1.29, 1.82) is 0 Å². The van der Waals surface area contributed by atoms with Crippen LogP contribution in [0.5, 0.6) is 0 Å². The van der Waals surface area contributed by atoms with Crippen LogP contribution in [0.1, 0.15) is 44.6 Å². The van der Waals surface area contributed by atoms with Gasteiger partial charge in [-0.05, 0) is 25.3 Å². The van der Waals surface area contributed by atoms with E-state index in [0.717, 1.165) is 25.0 Å². The van der Waals surface area contributed by atoms with Crippen molar-refractivity contribution in [3.05, 3.63) is 24.0 Å². The first-order chi connectivity index (χ1) is 9.70. The van der Waals surface area contributed by atoms with Crippen LogP contribution in [0.15, 0.2) is 18.5 Å². The molecule has 0 amide bonds. The summed E-state index contributed by atoms with van der Waals surface area (Å²) in [4.78, 5) is 21.5. The van der Waals surface area contributed by atoms with E-state index in [1.165, 1.54) is 31.8 Å². The predicted octanol–water partition coefficient (Wildman–Crippen LogP) is 2.73. The fourth-order valence-electron chi connectivity index (χ4n) is 2.60. The van der Waals surface area contributed by atoms with E-state index in [-0.39, 0.29) is 0 Å². The Morgan fingerprint density at radius 2 is 2.15 bits per heavy atom. The fraction of sp³-hybridized carbons (Fsp3) is 0.533. The molecule has 0 aromatic carbocycles. The van der Waals surface area contributed by atoms with Crippen molar-refractivity contribution in [3.8, 4) is 0 Å². The molecule has 2 rings (SSSR count). The summed E-state index contributed by atoms with van der Waals surface area (Å²) in [6.45, 7) is 3.20. The molecule has 1 aromatic heterocycles. The molecule has 5 heteroatoms. The Labute approximate surface area is 119 Å². The Bertz CT molecular complexity index is 471. The summed E-state index contributed by atoms with van der Waals surface area (Å²) in [5.41, 5.74) is 0.707. The molecule has 108 valence electrons. The standard InChI is InChI=1S/C15H21N3O2/c1-2-13-6-4-3-5-9-18(13)15-16-10-12(11-17-15)7-8-14(19)20/h7-8,10-11,13H,2-6,9H2,1H3,(H,19,20)/b8-7+. The summed E-state index contributed by atoms with van der Waals surface area (Å²) in [6.07, 6.45) is 12.0. The van der Waals surface area contributed by atoms with E-state index in [1.807, 2.05) is 0 Å². The highest BCUT2D eigenvalue weighted by atomic mass is 16.4. The molecule has 0 radical (unpaired) electrons. The van der Waals surface area contributed by atoms with E-state index in [4.69, 9.17) is 5.11 Å². The lowest BCUT2D eigenvalue weighted by molar-refractivity contribution is -0.131. The fourth-order valence-corrected chi connectivity index (χ4v) is 2.60. The van der Waals surface area contributed by atoms with Crippen LogP contribution < -0.4 is 4.90 Å². The van der Waals surface area contributed by atoms with Crippen LogP contribution in [-0.2, 0) is 4.79 Å². The number of hydrogen-bond acceptors (Lipinski definition) is 4. The van der Waals surface area contributed by atoms with Gasteiger partial charge in [-0.1, -0.05) is 19.8 Å². The molecule has 1 aliphatic rings. The molecule has 1 fully saturated rings. The number of carbonyl (C=O) groups is 1. The van der Waals surface area contributed by atoms with E-state index in [1.54, 1.807) is 12.4 Å². The predicted molar refractivity (Wildman–Crippen MR) is 78.6 cm³/mol. The third-order valence-electron chi connectivity index (χ3n) is 3.68. The Hall–Kier alpha value is -1.91. The Morgan fingerprint density at radius 1 is 1.40 bits per heavy atom. The van der Waals surface area contributed by atoms with Crippen molar-refractivity contribution in [3.63, 3.8) is 0 Å². The zero-order valence-electron chi connectivity index (χ0n) is 11.8. The minimum Gasteiger partial charge on any atom is -0.478 e. The number of anilines is 1. The number of carboxylic acids is 1. The molecular formula is C15H21N3O2. The van der Waals surface area contributed by atoms with Crippen LogP contribution >= 0.6 is 0 Å². The second-order valence-electron chi connectivity index (χ2n) is 5.09. The van der Waals surface area contributed by atoms with Gasteiger partial charge in [0.05, 0.1) is 0 Å². The van der Waals surface area contributed by atoms with Gasteiger partial charge in [0.2, 0.25) is 5.95 Å². The lowest BCUT2D eigenvalue weighted by Crippen LogP contribution is -2.35. The van der Waals surface area contributed by atoms with Gasteiger partial charge < -0.3 is 10.0 Å². The molecule has 1 saturated heterocycles. The lowest BCUT2D eigenvalue weighted by atomic mass is 10.1. The second kappa shape index (κ2) is 7.03. The van der Waals surface area contributed by atoms with Crippen molar-refractivity contribution in [2.24, 2.45) is 0 Å². The summed E-state index contributed by atoms with van der Waals surface area (Å²) < 4.78 is 0. The summed E-state index contributed by atoms with van der Waals surface area (Å²) in [6, 6.07) is 0.512. The molecule has 20 heavy (non-hydrogen) atoms. The van der Waals surface area contributed by atoms with Crippen LogP contribution in [-0.4, -0.2) is 33.6 Å². The molecule has 1 aromatic rings. The molecule has 1 unspecified atom stereocenters. The SMILES string of the molecule is CCC1CCCCCN1c1ncc(/C=C/C(=O)O)cn1. The van der Waals surface area contributed by atoms with Gasteiger partial charge in [0.25, 0.3) is 0 Å². The zero-order valence-corrected chi connectivity index (χ0v) is 11.8. The van der Waals surface area contributed by atoms with Crippen molar-refractivity contribution < 1.29 is 9.90 Å². The lowest BCUT2D eigenvalue weighted by Gasteiger charge is -2.29. The maximum atomic E-state index is 10.5. The number of aliphatic carboxylic acids is 1. The number of rotatable bonds is 4. The first kappa shape index (κ1) is 14.5. The number of nitrogens with zero attached hydrogens (tertiary/aromatic N) is 3. The molecule has 2 heterocycles. The molecule has 0 aliphatic carbocycles. The van der Waals surface area contributed by atoms with Crippen molar-refractivity contribution in [1.82, 2.24) is 9.97 Å². The largest absolute Gasteiger partial charge is 0.478 e. The summed E-state index contributed by atoms with van der Waals surface area (Å²) in [5.74, 6) is -0.209. The molecular weight excluding hydrogens is 254 g/mol. The Kier molecular flexibility index (Phi) is 5.09. The molecule has 5 nitrogen and oxygen atoms in total. The molecule has 0 bridgehead atoms. The third kappa shape index (κ3) is 3.79. The highest BCUT2D eigenvalue weighted by molar-refractivity contribution is 5.85. The van der Waals surface area contributed by atoms with Crippen molar-refractivity contribution in [2.75, 3.05) is 11.4 Å². The highest BCUT2D eigenvalue weighted by Crippen LogP contribution is 2.22. The molecule has 1 N–H and O–H groups in total. The van der Waals surface area contributed by atoms with Gasteiger partial charge in [-0.3, -0.25) is 0 Å². The molecule has 0 saturated carbocycles. The van der Waals surface area contributed by atoms with Crippen LogP contribution in [0.2, 0.25) is 0 Å². The molecule has 1 atom stereocenters. The van der Waals surface area contributed by atoms with Gasteiger partial charge in [0.1, 0.15) is 0 Å². The number of hydrogen-bond donors (Lipinski definition) is 1. The normalized spacial score (nSPS) is 20.1. The van der Waals surface area contributed by atoms with Gasteiger partial charge in [0, 0.05) is 36.6 Å². The van der Waals surface area contributed by atoms with Gasteiger partial charge in [0.15, 0.2) is 0 Å². The molecule has 0 spiro atoms. The summed E-state index contributed by atoms with van der Waals surface area (Å²) in [7, 11) is 0. The van der Waals surface area contributed by atoms with Crippen molar-refractivity contribution in [2.45, 2.75) is 45.1 Å². The first-order valence-corrected chi connectivity index (χ1v) is 7.20. The monoisotopic (exact) mass is 275 g/mol. The highest BCUT2D eigenvalue weighted by Gasteiger charge is 2.21. The average molecular weight is 275 g/mol. The maximum Gasteiger partial charge on any atom is 0.328 e. The summed E-state index contributed by atoms with van der Waals surface area (Å²) in [5, 5.41) is 8.60.